The van der Waals surface area contributed by atoms with Crippen molar-refractivity contribution in [1.29, 1.82) is 0 Å². The molecular formula is C25H23NO5. The smallest absolute Gasteiger partial charge is 0.313 e. The van der Waals surface area contributed by atoms with Crippen molar-refractivity contribution in [3.05, 3.63) is 72.3 Å². The number of anilines is 1. The normalized spacial score (nSPS) is 11.9. The number of ether oxygens (including phenoxy) is 2. The number of benzene rings is 3. The zero-order valence-corrected chi connectivity index (χ0v) is 17.4. The minimum Gasteiger partial charge on any atom is -0.495 e. The molecule has 0 aliphatic rings. The Labute approximate surface area is 179 Å². The number of furan rings is 1. The second-order valence-corrected chi connectivity index (χ2v) is 7.17. The molecule has 158 valence electrons. The molecule has 0 spiro atoms. The van der Waals surface area contributed by atoms with Crippen LogP contribution in [0.3, 0.4) is 0 Å². The summed E-state index contributed by atoms with van der Waals surface area (Å²) in [6, 6.07) is 20.6. The molecule has 0 bridgehead atoms. The molecule has 1 amide bonds. The summed E-state index contributed by atoms with van der Waals surface area (Å²) >= 11 is 0. The van der Waals surface area contributed by atoms with Crippen LogP contribution in [0.2, 0.25) is 0 Å². The van der Waals surface area contributed by atoms with Gasteiger partial charge in [0.05, 0.1) is 18.7 Å². The summed E-state index contributed by atoms with van der Waals surface area (Å²) in [6.45, 7) is 1.52. The number of fused-ring (bicyclic) bond motifs is 3. The van der Waals surface area contributed by atoms with Crippen LogP contribution in [0.25, 0.3) is 21.9 Å². The number of methoxy groups -OCH3 is 1. The molecule has 6 heteroatoms. The third kappa shape index (κ3) is 4.23. The average Bonchev–Trinajstić information content (AvgIpc) is 3.15. The van der Waals surface area contributed by atoms with E-state index < -0.39 is 17.8 Å². The number of hydrogen-bond donors (Lipinski definition) is 1. The summed E-state index contributed by atoms with van der Waals surface area (Å²) in [5.74, 6) is -0.793. The van der Waals surface area contributed by atoms with Gasteiger partial charge in [-0.2, -0.15) is 0 Å². The Morgan fingerprint density at radius 3 is 2.45 bits per heavy atom. The Balaban J connectivity index is 1.48. The summed E-state index contributed by atoms with van der Waals surface area (Å²) < 4.78 is 16.6. The maximum atomic E-state index is 12.5. The van der Waals surface area contributed by atoms with Crippen molar-refractivity contribution in [2.24, 2.45) is 0 Å². The summed E-state index contributed by atoms with van der Waals surface area (Å²) in [6.07, 6.45) is 0.584. The Morgan fingerprint density at radius 1 is 0.968 bits per heavy atom. The van der Waals surface area contributed by atoms with Gasteiger partial charge in [-0.05, 0) is 24.1 Å². The number of hydrogen-bond acceptors (Lipinski definition) is 5. The first-order valence-electron chi connectivity index (χ1n) is 10.1. The molecule has 1 atom stereocenters. The molecule has 31 heavy (non-hydrogen) atoms. The lowest BCUT2D eigenvalue weighted by atomic mass is 9.97. The third-order valence-electron chi connectivity index (χ3n) is 5.21. The number of carbonyl (C=O) groups is 2. The third-order valence-corrected chi connectivity index (χ3v) is 5.21. The highest BCUT2D eigenvalue weighted by atomic mass is 16.5. The SMILES string of the molecule is CC[C@H](C(=O)OCC(=O)Nc1cc2oc3ccccc3c2cc1OC)c1ccccc1. The number of rotatable bonds is 7. The van der Waals surface area contributed by atoms with Crippen molar-refractivity contribution >= 4 is 39.5 Å². The summed E-state index contributed by atoms with van der Waals surface area (Å²) in [7, 11) is 1.53. The van der Waals surface area contributed by atoms with E-state index >= 15 is 0 Å². The molecule has 0 fully saturated rings. The van der Waals surface area contributed by atoms with Gasteiger partial charge in [-0.25, -0.2) is 0 Å². The number of esters is 1. The van der Waals surface area contributed by atoms with E-state index in [-0.39, 0.29) is 6.61 Å². The maximum absolute atomic E-state index is 12.5. The van der Waals surface area contributed by atoms with Crippen molar-refractivity contribution in [3.63, 3.8) is 0 Å². The first kappa shape index (κ1) is 20.5. The minimum absolute atomic E-state index is 0.385. The molecule has 0 saturated carbocycles. The van der Waals surface area contributed by atoms with Gasteiger partial charge in [0.25, 0.3) is 5.91 Å². The van der Waals surface area contributed by atoms with Gasteiger partial charge in [0.2, 0.25) is 0 Å². The lowest BCUT2D eigenvalue weighted by Gasteiger charge is -2.15. The Morgan fingerprint density at radius 2 is 1.71 bits per heavy atom. The van der Waals surface area contributed by atoms with Crippen molar-refractivity contribution < 1.29 is 23.5 Å². The minimum atomic E-state index is -0.454. The van der Waals surface area contributed by atoms with Crippen molar-refractivity contribution in [2.75, 3.05) is 19.0 Å². The molecule has 4 rings (SSSR count). The van der Waals surface area contributed by atoms with Crippen molar-refractivity contribution in [1.82, 2.24) is 0 Å². The second kappa shape index (κ2) is 8.92. The molecule has 0 unspecified atom stereocenters. The zero-order valence-electron chi connectivity index (χ0n) is 17.4. The van der Waals surface area contributed by atoms with E-state index in [4.69, 9.17) is 13.9 Å². The molecule has 1 N–H and O–H groups in total. The molecule has 1 heterocycles. The Hall–Kier alpha value is -3.80. The maximum Gasteiger partial charge on any atom is 0.313 e. The number of nitrogens with one attached hydrogen (secondary N) is 1. The Kier molecular flexibility index (Phi) is 5.89. The lowest BCUT2D eigenvalue weighted by molar-refractivity contribution is -0.149. The fraction of sp³-hybridized carbons (Fsp3) is 0.200. The van der Waals surface area contributed by atoms with Crippen molar-refractivity contribution in [3.8, 4) is 5.75 Å². The van der Waals surface area contributed by atoms with Crippen LogP contribution in [-0.4, -0.2) is 25.6 Å². The predicted molar refractivity (Wildman–Crippen MR) is 119 cm³/mol. The largest absolute Gasteiger partial charge is 0.495 e. The summed E-state index contributed by atoms with van der Waals surface area (Å²) in [4.78, 5) is 25.0. The van der Waals surface area contributed by atoms with Gasteiger partial charge in [-0.3, -0.25) is 9.59 Å². The molecule has 0 aliphatic carbocycles. The number of carbonyl (C=O) groups excluding carboxylic acids is 2. The van der Waals surface area contributed by atoms with Gasteiger partial charge in [-0.15, -0.1) is 0 Å². The van der Waals surface area contributed by atoms with Crippen molar-refractivity contribution in [2.45, 2.75) is 19.3 Å². The topological polar surface area (TPSA) is 77.8 Å². The molecular weight excluding hydrogens is 394 g/mol. The van der Waals surface area contributed by atoms with Crippen LogP contribution in [0, 0.1) is 0 Å². The van der Waals surface area contributed by atoms with Gasteiger partial charge in [0.1, 0.15) is 16.9 Å². The van der Waals surface area contributed by atoms with Gasteiger partial charge in [0.15, 0.2) is 6.61 Å². The quantitative estimate of drug-likeness (QED) is 0.415. The average molecular weight is 417 g/mol. The molecule has 3 aromatic carbocycles. The van der Waals surface area contributed by atoms with Crippen LogP contribution in [0.1, 0.15) is 24.8 Å². The molecule has 0 radical (unpaired) electrons. The molecule has 4 aromatic rings. The standard InChI is InChI=1S/C25H23NO5/c1-3-17(16-9-5-4-6-10-16)25(28)30-15-24(27)26-20-14-22-19(13-23(20)29-2)18-11-7-8-12-21(18)31-22/h4-14,17H,3,15H2,1-2H3,(H,26,27)/t17-/m0/s1. The van der Waals surface area contributed by atoms with E-state index in [1.807, 2.05) is 67.6 Å². The van der Waals surface area contributed by atoms with Crippen LogP contribution < -0.4 is 10.1 Å². The monoisotopic (exact) mass is 417 g/mol. The van der Waals surface area contributed by atoms with E-state index in [9.17, 15) is 9.59 Å². The molecule has 1 aromatic heterocycles. The summed E-state index contributed by atoms with van der Waals surface area (Å²) in [5.41, 5.74) is 2.70. The highest BCUT2D eigenvalue weighted by Crippen LogP contribution is 2.36. The zero-order chi connectivity index (χ0) is 21.8. The number of amides is 1. The van der Waals surface area contributed by atoms with Crippen LogP contribution in [0.4, 0.5) is 5.69 Å². The lowest BCUT2D eigenvalue weighted by Crippen LogP contribution is -2.24. The van der Waals surface area contributed by atoms with E-state index in [1.54, 1.807) is 6.07 Å². The van der Waals surface area contributed by atoms with E-state index in [2.05, 4.69) is 5.32 Å². The predicted octanol–water partition coefficient (Wildman–Crippen LogP) is 5.27. The van der Waals surface area contributed by atoms with Gasteiger partial charge >= 0.3 is 5.97 Å². The fourth-order valence-electron chi connectivity index (χ4n) is 3.67. The molecule has 0 aliphatic heterocycles. The van der Waals surface area contributed by atoms with E-state index in [0.717, 1.165) is 21.9 Å². The fourth-order valence-corrected chi connectivity index (χ4v) is 3.67. The van der Waals surface area contributed by atoms with Crippen LogP contribution in [0.5, 0.6) is 5.75 Å². The Bertz CT molecular complexity index is 1230. The first-order chi connectivity index (χ1) is 15.1. The highest BCUT2D eigenvalue weighted by Gasteiger charge is 2.21. The van der Waals surface area contributed by atoms with Gasteiger partial charge in [0, 0.05) is 16.8 Å². The van der Waals surface area contributed by atoms with Crippen LogP contribution in [-0.2, 0) is 14.3 Å². The second-order valence-electron chi connectivity index (χ2n) is 7.17. The molecule has 6 nitrogen and oxygen atoms in total. The van der Waals surface area contributed by atoms with Gasteiger partial charge < -0.3 is 19.2 Å². The first-order valence-corrected chi connectivity index (χ1v) is 10.1. The van der Waals surface area contributed by atoms with E-state index in [1.165, 1.54) is 7.11 Å². The van der Waals surface area contributed by atoms with Crippen LogP contribution >= 0.6 is 0 Å². The highest BCUT2D eigenvalue weighted by molar-refractivity contribution is 6.07. The molecule has 0 saturated heterocycles. The van der Waals surface area contributed by atoms with Crippen LogP contribution in [0.15, 0.2) is 71.1 Å². The van der Waals surface area contributed by atoms with E-state index in [0.29, 0.717) is 23.4 Å². The number of para-hydroxylation sites is 1. The summed E-state index contributed by atoms with van der Waals surface area (Å²) in [5, 5.41) is 4.61. The van der Waals surface area contributed by atoms with Gasteiger partial charge in [-0.1, -0.05) is 55.5 Å².